The lowest BCUT2D eigenvalue weighted by Gasteiger charge is -2.07. The number of rotatable bonds is 3. The van der Waals surface area contributed by atoms with E-state index in [1.165, 1.54) is 12.3 Å². The van der Waals surface area contributed by atoms with E-state index in [2.05, 4.69) is 10.2 Å². The predicted octanol–water partition coefficient (Wildman–Crippen LogP) is 1.13. The second-order valence-electron chi connectivity index (χ2n) is 3.39. The summed E-state index contributed by atoms with van der Waals surface area (Å²) in [5.41, 5.74) is 0.792. The Hall–Kier alpha value is -1.95. The number of methoxy groups -OCH3 is 1. The molecule has 1 N–H and O–H groups in total. The van der Waals surface area contributed by atoms with E-state index < -0.39 is 5.97 Å². The lowest BCUT2D eigenvalue weighted by Crippen LogP contribution is -2.05. The molecule has 2 heterocycles. The monoisotopic (exact) mass is 221 g/mol. The predicted molar refractivity (Wildman–Crippen MR) is 55.4 cm³/mol. The molecule has 6 nitrogen and oxygen atoms in total. The smallest absolute Gasteiger partial charge is 0.337 e. The minimum absolute atomic E-state index is 0.192. The van der Waals surface area contributed by atoms with Crippen molar-refractivity contribution in [1.29, 1.82) is 0 Å². The van der Waals surface area contributed by atoms with Gasteiger partial charge in [0.1, 0.15) is 6.10 Å². The zero-order valence-corrected chi connectivity index (χ0v) is 8.91. The van der Waals surface area contributed by atoms with Gasteiger partial charge in [0, 0.05) is 13.3 Å². The Morgan fingerprint density at radius 2 is 2.25 bits per heavy atom. The van der Waals surface area contributed by atoms with Gasteiger partial charge in [-0.05, 0) is 19.1 Å². The van der Waals surface area contributed by atoms with Gasteiger partial charge in [0.2, 0.25) is 0 Å². The number of hydrogen-bond acceptors (Lipinski definition) is 4. The zero-order chi connectivity index (χ0) is 11.7. The number of aromatic nitrogens is 3. The number of carboxylic acids is 1. The van der Waals surface area contributed by atoms with Crippen molar-refractivity contribution in [3.8, 4) is 0 Å². The molecule has 0 aromatic carbocycles. The standard InChI is InChI=1S/C10H11N3O3/c1-6(16-2)9-12-11-8-4-3-7(10(14)15)5-13(8)9/h3-6H,1-2H3,(H,14,15). The Bertz CT molecular complexity index is 535. The van der Waals surface area contributed by atoms with Crippen molar-refractivity contribution in [2.24, 2.45) is 0 Å². The van der Waals surface area contributed by atoms with Gasteiger partial charge in [-0.25, -0.2) is 4.79 Å². The van der Waals surface area contributed by atoms with Crippen molar-refractivity contribution in [1.82, 2.24) is 14.6 Å². The average molecular weight is 221 g/mol. The highest BCUT2D eigenvalue weighted by atomic mass is 16.5. The van der Waals surface area contributed by atoms with Crippen LogP contribution in [0.3, 0.4) is 0 Å². The first-order valence-electron chi connectivity index (χ1n) is 4.74. The molecule has 0 aliphatic rings. The minimum atomic E-state index is -0.980. The Labute approximate surface area is 91.5 Å². The zero-order valence-electron chi connectivity index (χ0n) is 8.91. The third-order valence-corrected chi connectivity index (χ3v) is 2.39. The number of carboxylic acid groups (broad SMARTS) is 1. The van der Waals surface area contributed by atoms with Gasteiger partial charge in [-0.3, -0.25) is 4.40 Å². The molecule has 2 rings (SSSR count). The van der Waals surface area contributed by atoms with Crippen molar-refractivity contribution in [2.45, 2.75) is 13.0 Å². The van der Waals surface area contributed by atoms with Crippen LogP contribution in [0.15, 0.2) is 18.3 Å². The quantitative estimate of drug-likeness (QED) is 0.840. The van der Waals surface area contributed by atoms with Gasteiger partial charge in [-0.2, -0.15) is 0 Å². The summed E-state index contributed by atoms with van der Waals surface area (Å²) in [5.74, 6) is -0.396. The van der Waals surface area contributed by atoms with Gasteiger partial charge >= 0.3 is 5.97 Å². The molecule has 0 saturated carbocycles. The van der Waals surface area contributed by atoms with Crippen LogP contribution < -0.4 is 0 Å². The summed E-state index contributed by atoms with van der Waals surface area (Å²) < 4.78 is 6.75. The Morgan fingerprint density at radius 1 is 1.50 bits per heavy atom. The lowest BCUT2D eigenvalue weighted by molar-refractivity contribution is 0.0696. The number of hydrogen-bond donors (Lipinski definition) is 1. The topological polar surface area (TPSA) is 76.7 Å². The first kappa shape index (κ1) is 10.6. The molecule has 0 radical (unpaired) electrons. The first-order valence-corrected chi connectivity index (χ1v) is 4.74. The Morgan fingerprint density at radius 3 is 2.88 bits per heavy atom. The van der Waals surface area contributed by atoms with E-state index in [1.54, 1.807) is 17.6 Å². The maximum Gasteiger partial charge on any atom is 0.337 e. The normalized spacial score (nSPS) is 12.9. The molecule has 0 saturated heterocycles. The van der Waals surface area contributed by atoms with E-state index in [1.807, 2.05) is 6.92 Å². The summed E-state index contributed by atoms with van der Waals surface area (Å²) in [6, 6.07) is 3.11. The highest BCUT2D eigenvalue weighted by molar-refractivity contribution is 5.87. The number of aromatic carboxylic acids is 1. The van der Waals surface area contributed by atoms with Gasteiger partial charge in [-0.15, -0.1) is 10.2 Å². The SMILES string of the molecule is COC(C)c1nnc2ccc(C(=O)O)cn12. The molecule has 2 aromatic rings. The lowest BCUT2D eigenvalue weighted by atomic mass is 10.3. The van der Waals surface area contributed by atoms with E-state index >= 15 is 0 Å². The number of fused-ring (bicyclic) bond motifs is 1. The molecular formula is C10H11N3O3. The number of ether oxygens (including phenoxy) is 1. The van der Waals surface area contributed by atoms with Gasteiger partial charge < -0.3 is 9.84 Å². The second-order valence-corrected chi connectivity index (χ2v) is 3.39. The van der Waals surface area contributed by atoms with Gasteiger partial charge in [0.15, 0.2) is 11.5 Å². The van der Waals surface area contributed by atoms with Gasteiger partial charge in [-0.1, -0.05) is 0 Å². The largest absolute Gasteiger partial charge is 0.478 e. The molecule has 0 aliphatic carbocycles. The summed E-state index contributed by atoms with van der Waals surface area (Å²) in [5, 5.41) is 16.8. The summed E-state index contributed by atoms with van der Waals surface area (Å²) >= 11 is 0. The van der Waals surface area contributed by atoms with Gasteiger partial charge in [0.25, 0.3) is 0 Å². The second kappa shape index (κ2) is 3.90. The fourth-order valence-corrected chi connectivity index (χ4v) is 1.42. The molecule has 84 valence electrons. The number of carbonyl (C=O) groups is 1. The fourth-order valence-electron chi connectivity index (χ4n) is 1.42. The van der Waals surface area contributed by atoms with Crippen LogP contribution in [0.25, 0.3) is 5.65 Å². The maximum atomic E-state index is 10.8. The van der Waals surface area contributed by atoms with Crippen molar-refractivity contribution in [3.05, 3.63) is 29.7 Å². The summed E-state index contributed by atoms with van der Waals surface area (Å²) in [6.45, 7) is 1.82. The highest BCUT2D eigenvalue weighted by Gasteiger charge is 2.14. The molecule has 0 aliphatic heterocycles. The van der Waals surface area contributed by atoms with E-state index in [4.69, 9.17) is 9.84 Å². The highest BCUT2D eigenvalue weighted by Crippen LogP contribution is 2.15. The Balaban J connectivity index is 2.60. The number of nitrogens with zero attached hydrogens (tertiary/aromatic N) is 3. The van der Waals surface area contributed by atoms with Crippen molar-refractivity contribution in [3.63, 3.8) is 0 Å². The third-order valence-electron chi connectivity index (χ3n) is 2.39. The van der Waals surface area contributed by atoms with E-state index in [0.717, 1.165) is 0 Å². The molecule has 0 fully saturated rings. The molecular weight excluding hydrogens is 210 g/mol. The first-order chi connectivity index (χ1) is 7.63. The third kappa shape index (κ3) is 1.63. The molecule has 1 atom stereocenters. The molecule has 6 heteroatoms. The maximum absolute atomic E-state index is 10.8. The fraction of sp³-hybridized carbons (Fsp3) is 0.300. The van der Waals surface area contributed by atoms with Crippen molar-refractivity contribution < 1.29 is 14.6 Å². The van der Waals surface area contributed by atoms with Crippen LogP contribution in [0, 0.1) is 0 Å². The van der Waals surface area contributed by atoms with Crippen molar-refractivity contribution in [2.75, 3.05) is 7.11 Å². The summed E-state index contributed by atoms with van der Waals surface area (Å²) in [6.07, 6.45) is 1.25. The molecule has 0 bridgehead atoms. The van der Waals surface area contributed by atoms with E-state index in [9.17, 15) is 4.79 Å². The number of pyridine rings is 1. The van der Waals surface area contributed by atoms with Crippen LogP contribution in [0.5, 0.6) is 0 Å². The molecule has 16 heavy (non-hydrogen) atoms. The van der Waals surface area contributed by atoms with E-state index in [0.29, 0.717) is 11.5 Å². The summed E-state index contributed by atoms with van der Waals surface area (Å²) in [7, 11) is 1.56. The minimum Gasteiger partial charge on any atom is -0.478 e. The Kier molecular flexibility index (Phi) is 2.57. The van der Waals surface area contributed by atoms with Crippen LogP contribution >= 0.6 is 0 Å². The van der Waals surface area contributed by atoms with E-state index in [-0.39, 0.29) is 11.7 Å². The molecule has 0 amide bonds. The van der Waals surface area contributed by atoms with Crippen LogP contribution in [-0.4, -0.2) is 32.8 Å². The van der Waals surface area contributed by atoms with Crippen LogP contribution in [0.4, 0.5) is 0 Å². The van der Waals surface area contributed by atoms with Crippen LogP contribution in [-0.2, 0) is 4.74 Å². The molecule has 1 unspecified atom stereocenters. The molecule has 0 spiro atoms. The van der Waals surface area contributed by atoms with Crippen LogP contribution in [0.1, 0.15) is 29.2 Å². The average Bonchev–Trinajstić information content (AvgIpc) is 2.70. The summed E-state index contributed by atoms with van der Waals surface area (Å²) in [4.78, 5) is 10.8. The van der Waals surface area contributed by atoms with Crippen LogP contribution in [0.2, 0.25) is 0 Å². The van der Waals surface area contributed by atoms with Crippen molar-refractivity contribution >= 4 is 11.6 Å². The molecule has 2 aromatic heterocycles. The van der Waals surface area contributed by atoms with Gasteiger partial charge in [0.05, 0.1) is 5.56 Å².